The summed E-state index contributed by atoms with van der Waals surface area (Å²) in [4.78, 5) is 28.2. The molecule has 0 aliphatic carbocycles. The van der Waals surface area contributed by atoms with Crippen LogP contribution in [0.1, 0.15) is 17.5 Å². The molecule has 0 saturated heterocycles. The van der Waals surface area contributed by atoms with E-state index in [1.165, 1.54) is 11.0 Å². The van der Waals surface area contributed by atoms with Gasteiger partial charge in [0.15, 0.2) is 0 Å². The number of carbonyl (C=O) groups excluding carboxylic acids is 2. The molecule has 5 nitrogen and oxygen atoms in total. The van der Waals surface area contributed by atoms with Gasteiger partial charge in [0.2, 0.25) is 11.8 Å². The highest BCUT2D eigenvalue weighted by atomic mass is 35.5. The zero-order chi connectivity index (χ0) is 20.3. The summed E-state index contributed by atoms with van der Waals surface area (Å²) < 4.78 is 14.1. The molecule has 1 aliphatic heterocycles. The lowest BCUT2D eigenvalue weighted by molar-refractivity contribution is -0.132. The highest BCUT2D eigenvalue weighted by molar-refractivity contribution is 6.33. The molecule has 7 heteroatoms. The van der Waals surface area contributed by atoms with Gasteiger partial charge in [-0.05, 0) is 43.5 Å². The normalized spacial score (nSPS) is 13.1. The molecule has 1 N–H and O–H groups in total. The Bertz CT molecular complexity index is 903. The lowest BCUT2D eigenvalue weighted by Gasteiger charge is -2.33. The van der Waals surface area contributed by atoms with Crippen molar-refractivity contribution in [3.63, 3.8) is 0 Å². The van der Waals surface area contributed by atoms with E-state index < -0.39 is 0 Å². The maximum absolute atomic E-state index is 14.1. The van der Waals surface area contributed by atoms with Crippen molar-refractivity contribution in [2.75, 3.05) is 36.9 Å². The molecule has 0 unspecified atom stereocenters. The molecule has 148 valence electrons. The standard InChI is InChI=1S/C21H23ClFN3O2/c1-14-9-10-17(23)15-6-5-11-26(21(14)15)13-20(28)25(2)12-19(27)24-18-8-4-3-7-16(18)22/h3-4,7-10H,5-6,11-13H2,1-2H3,(H,24,27). The number of carbonyl (C=O) groups is 2. The molecule has 2 aromatic rings. The first-order valence-corrected chi connectivity index (χ1v) is 9.56. The predicted octanol–water partition coefficient (Wildman–Crippen LogP) is 3.64. The minimum atomic E-state index is -0.329. The SMILES string of the molecule is Cc1ccc(F)c2c1N(CC(=O)N(C)CC(=O)Nc1ccccc1Cl)CCC2. The van der Waals surface area contributed by atoms with E-state index in [2.05, 4.69) is 5.32 Å². The van der Waals surface area contributed by atoms with Gasteiger partial charge < -0.3 is 15.1 Å². The number of hydrogen-bond donors (Lipinski definition) is 1. The van der Waals surface area contributed by atoms with Gasteiger partial charge in [0.1, 0.15) is 5.82 Å². The van der Waals surface area contributed by atoms with Crippen molar-refractivity contribution in [1.82, 2.24) is 4.90 Å². The van der Waals surface area contributed by atoms with Gasteiger partial charge in [-0.25, -0.2) is 4.39 Å². The van der Waals surface area contributed by atoms with Crippen LogP contribution in [0.15, 0.2) is 36.4 Å². The van der Waals surface area contributed by atoms with Crippen LogP contribution < -0.4 is 10.2 Å². The molecule has 2 aromatic carbocycles. The third kappa shape index (κ3) is 4.44. The smallest absolute Gasteiger partial charge is 0.244 e. The number of benzene rings is 2. The molecule has 1 aliphatic rings. The molecule has 0 bridgehead atoms. The molecule has 28 heavy (non-hydrogen) atoms. The molecule has 3 rings (SSSR count). The van der Waals surface area contributed by atoms with Gasteiger partial charge in [0.25, 0.3) is 0 Å². The minimum Gasteiger partial charge on any atom is -0.362 e. The van der Waals surface area contributed by atoms with Crippen LogP contribution in [0.4, 0.5) is 15.8 Å². The number of fused-ring (bicyclic) bond motifs is 1. The first-order valence-electron chi connectivity index (χ1n) is 9.18. The van der Waals surface area contributed by atoms with E-state index in [0.29, 0.717) is 29.2 Å². The number of nitrogens with one attached hydrogen (secondary N) is 1. The van der Waals surface area contributed by atoms with Crippen LogP contribution in [0, 0.1) is 12.7 Å². The lowest BCUT2D eigenvalue weighted by atomic mass is 9.97. The highest BCUT2D eigenvalue weighted by Gasteiger charge is 2.25. The quantitative estimate of drug-likeness (QED) is 0.829. The van der Waals surface area contributed by atoms with E-state index in [4.69, 9.17) is 11.6 Å². The average Bonchev–Trinajstić information content (AvgIpc) is 2.66. The first kappa shape index (κ1) is 20.1. The Labute approximate surface area is 169 Å². The van der Waals surface area contributed by atoms with E-state index in [1.807, 2.05) is 11.8 Å². The van der Waals surface area contributed by atoms with E-state index in [-0.39, 0.29) is 30.7 Å². The van der Waals surface area contributed by atoms with Crippen LogP contribution in [-0.2, 0) is 16.0 Å². The van der Waals surface area contributed by atoms with Crippen molar-refractivity contribution in [2.24, 2.45) is 0 Å². The Morgan fingerprint density at radius 1 is 1.25 bits per heavy atom. The van der Waals surface area contributed by atoms with Crippen LogP contribution in [-0.4, -0.2) is 43.4 Å². The Balaban J connectivity index is 1.63. The largest absolute Gasteiger partial charge is 0.362 e. The summed E-state index contributed by atoms with van der Waals surface area (Å²) in [6, 6.07) is 10.1. The predicted molar refractivity (Wildman–Crippen MR) is 109 cm³/mol. The average molecular weight is 404 g/mol. The maximum Gasteiger partial charge on any atom is 0.244 e. The number of rotatable bonds is 5. The van der Waals surface area contributed by atoms with Gasteiger partial charge in [0.05, 0.1) is 23.8 Å². The van der Waals surface area contributed by atoms with E-state index >= 15 is 0 Å². The highest BCUT2D eigenvalue weighted by Crippen LogP contribution is 2.32. The van der Waals surface area contributed by atoms with Crippen LogP contribution in [0.3, 0.4) is 0 Å². The molecule has 0 fully saturated rings. The molecular formula is C21H23ClFN3O2. The number of para-hydroxylation sites is 1. The van der Waals surface area contributed by atoms with Crippen molar-refractivity contribution < 1.29 is 14.0 Å². The number of likely N-dealkylation sites (N-methyl/N-ethyl adjacent to an activating group) is 1. The summed E-state index contributed by atoms with van der Waals surface area (Å²) in [6.07, 6.45) is 1.46. The van der Waals surface area contributed by atoms with Crippen LogP contribution in [0.25, 0.3) is 0 Å². The summed E-state index contributed by atoms with van der Waals surface area (Å²) in [5.74, 6) is -0.763. The van der Waals surface area contributed by atoms with Gasteiger partial charge in [-0.2, -0.15) is 0 Å². The summed E-state index contributed by atoms with van der Waals surface area (Å²) >= 11 is 6.04. The molecule has 0 aromatic heterocycles. The Kier molecular flexibility index (Phi) is 6.19. The van der Waals surface area contributed by atoms with Crippen molar-refractivity contribution in [3.05, 3.63) is 58.4 Å². The number of anilines is 2. The van der Waals surface area contributed by atoms with Crippen molar-refractivity contribution in [2.45, 2.75) is 19.8 Å². The fraction of sp³-hybridized carbons (Fsp3) is 0.333. The molecule has 2 amide bonds. The summed E-state index contributed by atoms with van der Waals surface area (Å²) in [6.45, 7) is 2.62. The third-order valence-corrected chi connectivity index (χ3v) is 5.21. The molecule has 0 radical (unpaired) electrons. The molecule has 1 heterocycles. The molecular weight excluding hydrogens is 381 g/mol. The van der Waals surface area contributed by atoms with Gasteiger partial charge in [-0.15, -0.1) is 0 Å². The monoisotopic (exact) mass is 403 g/mol. The number of aryl methyl sites for hydroxylation is 1. The van der Waals surface area contributed by atoms with Gasteiger partial charge >= 0.3 is 0 Å². The lowest BCUT2D eigenvalue weighted by Crippen LogP contribution is -2.43. The van der Waals surface area contributed by atoms with Gasteiger partial charge in [-0.3, -0.25) is 9.59 Å². The van der Waals surface area contributed by atoms with Crippen molar-refractivity contribution in [3.8, 4) is 0 Å². The van der Waals surface area contributed by atoms with Crippen LogP contribution in [0.2, 0.25) is 5.02 Å². The van der Waals surface area contributed by atoms with E-state index in [9.17, 15) is 14.0 Å². The van der Waals surface area contributed by atoms with Crippen LogP contribution >= 0.6 is 11.6 Å². The van der Waals surface area contributed by atoms with E-state index in [1.54, 1.807) is 37.4 Å². The fourth-order valence-electron chi connectivity index (χ4n) is 3.46. The summed E-state index contributed by atoms with van der Waals surface area (Å²) in [7, 11) is 1.58. The molecule has 0 saturated carbocycles. The zero-order valence-corrected chi connectivity index (χ0v) is 16.7. The summed E-state index contributed by atoms with van der Waals surface area (Å²) in [5, 5.41) is 3.14. The van der Waals surface area contributed by atoms with Gasteiger partial charge in [0, 0.05) is 24.8 Å². The van der Waals surface area contributed by atoms with E-state index in [0.717, 1.165) is 17.7 Å². The minimum absolute atomic E-state index is 0.0904. The topological polar surface area (TPSA) is 52.7 Å². The number of halogens is 2. The maximum atomic E-state index is 14.1. The second-order valence-corrected chi connectivity index (χ2v) is 7.40. The van der Waals surface area contributed by atoms with Crippen LogP contribution in [0.5, 0.6) is 0 Å². The Hall–Kier alpha value is -2.60. The molecule has 0 atom stereocenters. The fourth-order valence-corrected chi connectivity index (χ4v) is 3.65. The third-order valence-electron chi connectivity index (χ3n) is 4.88. The number of hydrogen-bond acceptors (Lipinski definition) is 3. The Morgan fingerprint density at radius 3 is 2.75 bits per heavy atom. The van der Waals surface area contributed by atoms with Crippen molar-refractivity contribution >= 4 is 34.8 Å². The Morgan fingerprint density at radius 2 is 2.00 bits per heavy atom. The second kappa shape index (κ2) is 8.61. The van der Waals surface area contributed by atoms with Gasteiger partial charge in [-0.1, -0.05) is 29.8 Å². The number of nitrogens with zero attached hydrogens (tertiary/aromatic N) is 2. The second-order valence-electron chi connectivity index (χ2n) is 6.99. The number of amides is 2. The zero-order valence-electron chi connectivity index (χ0n) is 16.0. The molecule has 0 spiro atoms. The first-order chi connectivity index (χ1) is 13.4. The summed E-state index contributed by atoms with van der Waals surface area (Å²) in [5.41, 5.74) is 2.92. The van der Waals surface area contributed by atoms with Crippen molar-refractivity contribution in [1.29, 1.82) is 0 Å².